The van der Waals surface area contributed by atoms with E-state index in [9.17, 15) is 18.0 Å². The van der Waals surface area contributed by atoms with Gasteiger partial charge in [-0.1, -0.05) is 11.6 Å². The van der Waals surface area contributed by atoms with Gasteiger partial charge in [-0.05, 0) is 60.7 Å². The Morgan fingerprint density at radius 1 is 1.19 bits per heavy atom. The molecule has 1 aromatic heterocycles. The fraction of sp³-hybridized carbons (Fsp3) is 0.429. The molecule has 0 radical (unpaired) electrons. The van der Waals surface area contributed by atoms with Crippen LogP contribution >= 0.6 is 34.2 Å². The highest BCUT2D eigenvalue weighted by Crippen LogP contribution is 2.25. The number of sulfone groups is 1. The lowest BCUT2D eigenvalue weighted by Gasteiger charge is -2.33. The minimum Gasteiger partial charge on any atom is -0.490 e. The van der Waals surface area contributed by atoms with E-state index in [2.05, 4.69) is 22.6 Å². The van der Waals surface area contributed by atoms with E-state index in [4.69, 9.17) is 21.1 Å². The Hall–Kier alpha value is -1.79. The molecule has 0 bridgehead atoms. The second-order valence-electron chi connectivity index (χ2n) is 7.99. The van der Waals surface area contributed by atoms with Crippen molar-refractivity contribution in [1.29, 1.82) is 0 Å². The lowest BCUT2D eigenvalue weighted by molar-refractivity contribution is 0.0468. The van der Waals surface area contributed by atoms with Crippen LogP contribution in [0, 0.1) is 0 Å². The first-order valence-electron chi connectivity index (χ1n) is 9.90. The largest absolute Gasteiger partial charge is 0.490 e. The van der Waals surface area contributed by atoms with E-state index < -0.39 is 13.4 Å². The molecule has 8 nitrogen and oxygen atoms in total. The molecule has 0 spiro atoms. The third-order valence-corrected chi connectivity index (χ3v) is 6.46. The van der Waals surface area contributed by atoms with Crippen molar-refractivity contribution >= 4 is 50.1 Å². The smallest absolute Gasteiger partial charge is 0.411 e. The molecule has 1 amide bonds. The molecule has 1 aliphatic heterocycles. The topological polar surface area (TPSA) is 94.9 Å². The van der Waals surface area contributed by atoms with Crippen molar-refractivity contribution in [3.63, 3.8) is 0 Å². The molecule has 0 saturated carbocycles. The number of ether oxygens (including phenoxy) is 2. The van der Waals surface area contributed by atoms with Crippen molar-refractivity contribution in [2.75, 3.05) is 19.3 Å². The Bertz CT molecular complexity index is 1170. The molecular weight excluding hydrogens is 571 g/mol. The van der Waals surface area contributed by atoms with Crippen LogP contribution in [-0.4, -0.2) is 53.0 Å². The first kappa shape index (κ1) is 24.8. The third kappa shape index (κ3) is 6.38. The van der Waals surface area contributed by atoms with E-state index in [-0.39, 0.29) is 27.7 Å². The highest BCUT2D eigenvalue weighted by molar-refractivity contribution is 14.1. The molecule has 2 heterocycles. The van der Waals surface area contributed by atoms with Gasteiger partial charge in [0.1, 0.15) is 11.9 Å². The van der Waals surface area contributed by atoms with Crippen LogP contribution in [0.15, 0.2) is 46.2 Å². The zero-order valence-corrected chi connectivity index (χ0v) is 21.6. The summed E-state index contributed by atoms with van der Waals surface area (Å²) >= 11 is 8.28. The van der Waals surface area contributed by atoms with Gasteiger partial charge in [0.15, 0.2) is 13.4 Å². The van der Waals surface area contributed by atoms with E-state index in [1.807, 2.05) is 13.8 Å². The van der Waals surface area contributed by atoms with Gasteiger partial charge >= 0.3 is 6.09 Å². The molecule has 0 unspecified atom stereocenters. The number of rotatable bonds is 5. The number of nitrogens with zero attached hydrogens (tertiary/aromatic N) is 2. The molecule has 0 aliphatic carbocycles. The summed E-state index contributed by atoms with van der Waals surface area (Å²) in [5.74, 6) is 0.421. The number of likely N-dealkylation sites (tertiary alicyclic amines) is 1. The van der Waals surface area contributed by atoms with E-state index >= 15 is 0 Å². The van der Waals surface area contributed by atoms with Gasteiger partial charge in [-0.25, -0.2) is 13.2 Å². The molecule has 174 valence electrons. The number of benzene rings is 1. The van der Waals surface area contributed by atoms with Crippen LogP contribution in [0.3, 0.4) is 0 Å². The van der Waals surface area contributed by atoms with Gasteiger partial charge in [-0.3, -0.25) is 9.36 Å². The predicted molar refractivity (Wildman–Crippen MR) is 130 cm³/mol. The van der Waals surface area contributed by atoms with Gasteiger partial charge in [-0.2, -0.15) is 0 Å². The van der Waals surface area contributed by atoms with E-state index in [1.54, 1.807) is 11.0 Å². The minimum absolute atomic E-state index is 0.0801. The Morgan fingerprint density at radius 2 is 1.84 bits per heavy atom. The molecule has 32 heavy (non-hydrogen) atoms. The summed E-state index contributed by atoms with van der Waals surface area (Å²) in [5, 5.41) is 0.151. The maximum absolute atomic E-state index is 12.6. The van der Waals surface area contributed by atoms with Gasteiger partial charge in [0.25, 0.3) is 5.56 Å². The monoisotopic (exact) mass is 594 g/mol. The summed E-state index contributed by atoms with van der Waals surface area (Å²) in [6.45, 7) is 4.65. The van der Waals surface area contributed by atoms with Gasteiger partial charge in [-0.15, -0.1) is 0 Å². The highest BCUT2D eigenvalue weighted by atomic mass is 127. The van der Waals surface area contributed by atoms with Crippen LogP contribution < -0.4 is 10.3 Å². The average Bonchev–Trinajstić information content (AvgIpc) is 2.67. The molecule has 1 fully saturated rings. The second kappa shape index (κ2) is 9.60. The highest BCUT2D eigenvalue weighted by Gasteiger charge is 2.28. The Balaban J connectivity index is 1.66. The molecule has 0 N–H and O–H groups in total. The SMILES string of the molecule is CC(C)(I)OC(=O)N1CCC(Oc2ccn(-c3ccc(S(C)(=O)=O)cc3Cl)c(=O)c2)CC1. The first-order chi connectivity index (χ1) is 14.8. The molecule has 0 atom stereocenters. The molecular formula is C21H24ClIN2O6S. The summed E-state index contributed by atoms with van der Waals surface area (Å²) in [4.78, 5) is 26.5. The maximum atomic E-state index is 12.6. The number of aromatic nitrogens is 1. The zero-order chi connectivity index (χ0) is 23.7. The Kier molecular flexibility index (Phi) is 7.45. The average molecular weight is 595 g/mol. The van der Waals surface area contributed by atoms with Gasteiger partial charge < -0.3 is 14.4 Å². The van der Waals surface area contributed by atoms with Crippen molar-refractivity contribution in [3.05, 3.63) is 51.9 Å². The van der Waals surface area contributed by atoms with Crippen molar-refractivity contribution in [2.45, 2.75) is 41.3 Å². The van der Waals surface area contributed by atoms with Crippen LogP contribution in [0.25, 0.3) is 5.69 Å². The standard InChI is InChI=1S/C21H24ClIN2O6S/c1-21(2,23)31-20(27)24-9-6-14(7-10-24)30-15-8-11-25(19(26)12-15)18-5-4-16(13-17(18)22)32(3,28)29/h4-5,8,11-14H,6-7,9-10H2,1-3H3. The number of pyridine rings is 1. The number of piperidine rings is 1. The number of hydrogen-bond acceptors (Lipinski definition) is 6. The van der Waals surface area contributed by atoms with E-state index in [0.29, 0.717) is 37.4 Å². The molecule has 11 heteroatoms. The van der Waals surface area contributed by atoms with Gasteiger partial charge in [0.2, 0.25) is 0 Å². The van der Waals surface area contributed by atoms with Crippen LogP contribution in [0.1, 0.15) is 26.7 Å². The lowest BCUT2D eigenvalue weighted by Crippen LogP contribution is -2.43. The summed E-state index contributed by atoms with van der Waals surface area (Å²) in [7, 11) is -3.40. The second-order valence-corrected chi connectivity index (χ2v) is 13.0. The van der Waals surface area contributed by atoms with Crippen molar-refractivity contribution in [1.82, 2.24) is 9.47 Å². The van der Waals surface area contributed by atoms with Crippen LogP contribution in [0.4, 0.5) is 4.79 Å². The first-order valence-corrected chi connectivity index (χ1v) is 13.2. The maximum Gasteiger partial charge on any atom is 0.411 e. The van der Waals surface area contributed by atoms with Crippen LogP contribution in [0.2, 0.25) is 5.02 Å². The summed E-state index contributed by atoms with van der Waals surface area (Å²) in [6.07, 6.45) is 3.41. The van der Waals surface area contributed by atoms with E-state index in [0.717, 1.165) is 6.26 Å². The number of alkyl halides is 1. The molecule has 1 saturated heterocycles. The fourth-order valence-electron chi connectivity index (χ4n) is 3.27. The Morgan fingerprint density at radius 3 is 2.38 bits per heavy atom. The molecule has 3 rings (SSSR count). The van der Waals surface area contributed by atoms with Gasteiger partial charge in [0, 0.05) is 44.5 Å². The normalized spacial score (nSPS) is 15.5. The van der Waals surface area contributed by atoms with Gasteiger partial charge in [0.05, 0.1) is 15.6 Å². The van der Waals surface area contributed by atoms with Crippen LogP contribution in [-0.2, 0) is 14.6 Å². The third-order valence-electron chi connectivity index (χ3n) is 4.83. The summed E-state index contributed by atoms with van der Waals surface area (Å²) in [6, 6.07) is 7.24. The van der Waals surface area contributed by atoms with Crippen molar-refractivity contribution in [2.24, 2.45) is 0 Å². The molecule has 2 aromatic rings. The minimum atomic E-state index is -3.40. The summed E-state index contributed by atoms with van der Waals surface area (Å²) in [5.41, 5.74) is 0.0161. The van der Waals surface area contributed by atoms with Crippen molar-refractivity contribution in [3.8, 4) is 11.4 Å². The molecule has 1 aromatic carbocycles. The number of carbonyl (C=O) groups excluding carboxylic acids is 1. The number of carbonyl (C=O) groups is 1. The predicted octanol–water partition coefficient (Wildman–Crippen LogP) is 4.05. The van der Waals surface area contributed by atoms with Crippen LogP contribution in [0.5, 0.6) is 5.75 Å². The quantitative estimate of drug-likeness (QED) is 0.383. The summed E-state index contributed by atoms with van der Waals surface area (Å²) < 4.78 is 35.4. The number of amides is 1. The zero-order valence-electron chi connectivity index (χ0n) is 17.9. The molecule has 1 aliphatic rings. The number of hydrogen-bond donors (Lipinski definition) is 0. The number of halogens is 2. The van der Waals surface area contributed by atoms with E-state index in [1.165, 1.54) is 35.0 Å². The van der Waals surface area contributed by atoms with Crippen molar-refractivity contribution < 1.29 is 22.7 Å². The lowest BCUT2D eigenvalue weighted by atomic mass is 10.1. The fourth-order valence-corrected chi connectivity index (χ4v) is 4.44. The Labute approximate surface area is 205 Å².